The zero-order chi connectivity index (χ0) is 18.9. The van der Waals surface area contributed by atoms with Crippen LogP contribution in [-0.2, 0) is 0 Å². The lowest BCUT2D eigenvalue weighted by atomic mass is 10.1. The van der Waals surface area contributed by atoms with Crippen molar-refractivity contribution in [3.63, 3.8) is 0 Å². The number of rotatable bonds is 8. The van der Waals surface area contributed by atoms with E-state index in [1.54, 1.807) is 0 Å². The number of hydrogen-bond acceptors (Lipinski definition) is 3. The highest BCUT2D eigenvalue weighted by molar-refractivity contribution is 5.79. The summed E-state index contributed by atoms with van der Waals surface area (Å²) in [6, 6.07) is 11.3. The van der Waals surface area contributed by atoms with E-state index in [2.05, 4.69) is 62.7 Å². The van der Waals surface area contributed by atoms with Crippen LogP contribution >= 0.6 is 0 Å². The molecule has 2 aliphatic heterocycles. The molecule has 5 heteroatoms. The fourth-order valence-corrected chi connectivity index (χ4v) is 4.34. The molecule has 0 saturated carbocycles. The van der Waals surface area contributed by atoms with Gasteiger partial charge in [0.05, 0.1) is 6.04 Å². The standard InChI is InChI=1S/C22H37N5/c1-19(18-26-12-6-7-13-26)16-24-22(23-2)25-17-21(27-14-8-9-15-27)20-10-4-3-5-11-20/h3-5,10-11,19,21H,6-9,12-18H2,1-2H3,(H2,23,24,25). The summed E-state index contributed by atoms with van der Waals surface area (Å²) in [5, 5.41) is 7.11. The van der Waals surface area contributed by atoms with Gasteiger partial charge in [0.2, 0.25) is 0 Å². The molecule has 0 radical (unpaired) electrons. The van der Waals surface area contributed by atoms with Gasteiger partial charge < -0.3 is 15.5 Å². The molecule has 2 aliphatic rings. The minimum absolute atomic E-state index is 0.411. The fraction of sp³-hybridized carbons (Fsp3) is 0.682. The first-order chi connectivity index (χ1) is 13.3. The van der Waals surface area contributed by atoms with E-state index < -0.39 is 0 Å². The zero-order valence-corrected chi connectivity index (χ0v) is 17.2. The van der Waals surface area contributed by atoms with Gasteiger partial charge in [-0.05, 0) is 63.3 Å². The van der Waals surface area contributed by atoms with Crippen molar-refractivity contribution in [1.29, 1.82) is 0 Å². The summed E-state index contributed by atoms with van der Waals surface area (Å²) >= 11 is 0. The molecule has 27 heavy (non-hydrogen) atoms. The minimum Gasteiger partial charge on any atom is -0.356 e. The van der Waals surface area contributed by atoms with E-state index in [4.69, 9.17) is 0 Å². The van der Waals surface area contributed by atoms with Gasteiger partial charge in [-0.15, -0.1) is 0 Å². The molecule has 0 aromatic heterocycles. The minimum atomic E-state index is 0.411. The normalized spacial score (nSPS) is 21.3. The predicted molar refractivity (Wildman–Crippen MR) is 114 cm³/mol. The highest BCUT2D eigenvalue weighted by Crippen LogP contribution is 2.24. The van der Waals surface area contributed by atoms with Crippen LogP contribution < -0.4 is 10.6 Å². The summed E-state index contributed by atoms with van der Waals surface area (Å²) in [6.45, 7) is 10.3. The Morgan fingerprint density at radius 1 is 0.963 bits per heavy atom. The molecule has 0 spiro atoms. The third-order valence-electron chi connectivity index (χ3n) is 5.84. The van der Waals surface area contributed by atoms with E-state index in [0.29, 0.717) is 12.0 Å². The molecule has 5 nitrogen and oxygen atoms in total. The molecule has 2 saturated heterocycles. The highest BCUT2D eigenvalue weighted by atomic mass is 15.2. The maximum Gasteiger partial charge on any atom is 0.191 e. The van der Waals surface area contributed by atoms with Gasteiger partial charge in [0.25, 0.3) is 0 Å². The van der Waals surface area contributed by atoms with Crippen LogP contribution in [0.1, 0.15) is 44.2 Å². The van der Waals surface area contributed by atoms with E-state index >= 15 is 0 Å². The average Bonchev–Trinajstić information content (AvgIpc) is 3.39. The Morgan fingerprint density at radius 2 is 1.59 bits per heavy atom. The van der Waals surface area contributed by atoms with Gasteiger partial charge in [-0.2, -0.15) is 0 Å². The van der Waals surface area contributed by atoms with Crippen molar-refractivity contribution in [2.75, 3.05) is 52.9 Å². The second kappa shape index (κ2) is 10.7. The molecular formula is C22H37N5. The number of nitrogens with one attached hydrogen (secondary N) is 2. The van der Waals surface area contributed by atoms with Gasteiger partial charge in [-0.25, -0.2) is 0 Å². The molecule has 0 bridgehead atoms. The predicted octanol–water partition coefficient (Wildman–Crippen LogP) is 2.72. The van der Waals surface area contributed by atoms with Gasteiger partial charge in [0.1, 0.15) is 0 Å². The number of nitrogens with zero attached hydrogens (tertiary/aromatic N) is 3. The molecule has 1 aromatic rings. The van der Waals surface area contributed by atoms with Gasteiger partial charge in [-0.1, -0.05) is 37.3 Å². The summed E-state index contributed by atoms with van der Waals surface area (Å²) in [5.74, 6) is 1.55. The van der Waals surface area contributed by atoms with Crippen LogP contribution in [0.4, 0.5) is 0 Å². The SMILES string of the molecule is CN=C(NCC(C)CN1CCCC1)NCC(c1ccccc1)N1CCCC1. The first-order valence-electron chi connectivity index (χ1n) is 10.7. The molecule has 2 unspecified atom stereocenters. The van der Waals surface area contributed by atoms with Crippen LogP contribution in [0.3, 0.4) is 0 Å². The van der Waals surface area contributed by atoms with Gasteiger partial charge in [0.15, 0.2) is 5.96 Å². The number of guanidine groups is 1. The van der Waals surface area contributed by atoms with E-state index in [-0.39, 0.29) is 0 Å². The molecule has 150 valence electrons. The number of benzene rings is 1. The third-order valence-corrected chi connectivity index (χ3v) is 5.84. The topological polar surface area (TPSA) is 42.9 Å². The second-order valence-electron chi connectivity index (χ2n) is 8.12. The highest BCUT2D eigenvalue weighted by Gasteiger charge is 2.23. The Morgan fingerprint density at radius 3 is 2.26 bits per heavy atom. The van der Waals surface area contributed by atoms with Crippen LogP contribution in [0.5, 0.6) is 0 Å². The Bertz CT molecular complexity index is 561. The summed E-state index contributed by atoms with van der Waals surface area (Å²) < 4.78 is 0. The maximum absolute atomic E-state index is 4.45. The van der Waals surface area contributed by atoms with Crippen LogP contribution in [0.25, 0.3) is 0 Å². The first kappa shape index (κ1) is 20.2. The molecule has 3 rings (SSSR count). The van der Waals surface area contributed by atoms with Crippen molar-refractivity contribution < 1.29 is 0 Å². The molecule has 2 atom stereocenters. The number of hydrogen-bond donors (Lipinski definition) is 2. The van der Waals surface area contributed by atoms with Crippen molar-refractivity contribution in [2.24, 2.45) is 10.9 Å². The van der Waals surface area contributed by atoms with Crippen molar-refractivity contribution in [1.82, 2.24) is 20.4 Å². The molecule has 2 heterocycles. The lowest BCUT2D eigenvalue weighted by Crippen LogP contribution is -2.44. The van der Waals surface area contributed by atoms with Gasteiger partial charge in [0, 0.05) is 26.7 Å². The van der Waals surface area contributed by atoms with Crippen LogP contribution in [0.15, 0.2) is 35.3 Å². The Balaban J connectivity index is 1.48. The zero-order valence-electron chi connectivity index (χ0n) is 17.2. The van der Waals surface area contributed by atoms with Crippen LogP contribution in [0, 0.1) is 5.92 Å². The molecule has 0 amide bonds. The third kappa shape index (κ3) is 6.22. The van der Waals surface area contributed by atoms with Crippen molar-refractivity contribution in [3.05, 3.63) is 35.9 Å². The van der Waals surface area contributed by atoms with E-state index in [9.17, 15) is 0 Å². The summed E-state index contributed by atoms with van der Waals surface area (Å²) in [7, 11) is 1.87. The van der Waals surface area contributed by atoms with Crippen LogP contribution in [0.2, 0.25) is 0 Å². The molecule has 1 aromatic carbocycles. The fourth-order valence-electron chi connectivity index (χ4n) is 4.34. The summed E-state index contributed by atoms with van der Waals surface area (Å²) in [5.41, 5.74) is 1.39. The second-order valence-corrected chi connectivity index (χ2v) is 8.12. The smallest absolute Gasteiger partial charge is 0.191 e. The lowest BCUT2D eigenvalue weighted by Gasteiger charge is -2.29. The Hall–Kier alpha value is -1.59. The number of aliphatic imine (C=N–C) groups is 1. The number of likely N-dealkylation sites (tertiary alicyclic amines) is 2. The van der Waals surface area contributed by atoms with E-state index in [0.717, 1.165) is 19.0 Å². The summed E-state index contributed by atoms with van der Waals surface area (Å²) in [6.07, 6.45) is 5.34. The molecule has 2 N–H and O–H groups in total. The van der Waals surface area contributed by atoms with Crippen LogP contribution in [-0.4, -0.2) is 68.6 Å². The van der Waals surface area contributed by atoms with Gasteiger partial charge >= 0.3 is 0 Å². The molecule has 2 fully saturated rings. The van der Waals surface area contributed by atoms with E-state index in [1.807, 2.05) is 7.05 Å². The lowest BCUT2D eigenvalue weighted by molar-refractivity contribution is 0.245. The maximum atomic E-state index is 4.45. The average molecular weight is 372 g/mol. The van der Waals surface area contributed by atoms with E-state index in [1.165, 1.54) is 64.0 Å². The molecular weight excluding hydrogens is 334 g/mol. The Kier molecular flexibility index (Phi) is 7.96. The quantitative estimate of drug-likeness (QED) is 0.545. The summed E-state index contributed by atoms with van der Waals surface area (Å²) in [4.78, 5) is 9.63. The largest absolute Gasteiger partial charge is 0.356 e. The molecule has 0 aliphatic carbocycles. The van der Waals surface area contributed by atoms with Crippen molar-refractivity contribution >= 4 is 5.96 Å². The van der Waals surface area contributed by atoms with Gasteiger partial charge in [-0.3, -0.25) is 9.89 Å². The van der Waals surface area contributed by atoms with Crippen molar-refractivity contribution in [2.45, 2.75) is 38.6 Å². The monoisotopic (exact) mass is 371 g/mol. The first-order valence-corrected chi connectivity index (χ1v) is 10.7. The van der Waals surface area contributed by atoms with Crippen molar-refractivity contribution in [3.8, 4) is 0 Å². The Labute approximate surface area is 165 Å².